The fourth-order valence-electron chi connectivity index (χ4n) is 14.7. The van der Waals surface area contributed by atoms with Crippen LogP contribution in [0.25, 0.3) is 22.2 Å². The van der Waals surface area contributed by atoms with Crippen LogP contribution in [0.5, 0.6) is 5.75 Å². The maximum absolute atomic E-state index is 14.9. The van der Waals surface area contributed by atoms with Gasteiger partial charge in [-0.3, -0.25) is 24.1 Å². The fourth-order valence-corrected chi connectivity index (χ4v) is 14.9. The number of ether oxygens (including phenoxy) is 7. The maximum Gasteiger partial charge on any atom is 0.329 e. The normalized spacial score (nSPS) is 29.7. The lowest BCUT2D eigenvalue weighted by Crippen LogP contribution is -2.64. The van der Waals surface area contributed by atoms with Gasteiger partial charge in [0.2, 0.25) is 11.7 Å². The smallest absolute Gasteiger partial charge is 0.329 e. The highest BCUT2D eigenvalue weighted by molar-refractivity contribution is 6.39. The number of anilines is 2. The topological polar surface area (TPSA) is 271 Å². The Morgan fingerprint density at radius 2 is 1.61 bits per heavy atom. The van der Waals surface area contributed by atoms with E-state index in [0.717, 1.165) is 32.7 Å². The first-order valence-corrected chi connectivity index (χ1v) is 35.0. The predicted octanol–water partition coefficient (Wildman–Crippen LogP) is 10.3. The van der Waals surface area contributed by atoms with Gasteiger partial charge >= 0.3 is 5.97 Å². The lowest BCUT2D eigenvalue weighted by Gasteiger charge is -2.47. The van der Waals surface area contributed by atoms with E-state index in [1.165, 1.54) is 32.7 Å². The molecule has 24 heteroatoms. The molecule has 22 nitrogen and oxygen atoms in total. The highest BCUT2D eigenvalue weighted by Crippen LogP contribution is 2.40. The zero-order valence-corrected chi connectivity index (χ0v) is 58.7. The Labute approximate surface area is 583 Å². The third-order valence-electron chi connectivity index (χ3n) is 20.6. The Morgan fingerprint density at radius 1 is 0.838 bits per heavy atom. The van der Waals surface area contributed by atoms with Gasteiger partial charge in [-0.15, -0.1) is 0 Å². The monoisotopic (exact) mass is 1390 g/mol. The summed E-state index contributed by atoms with van der Waals surface area (Å²) < 4.78 is 62.4. The number of fused-ring (bicyclic) bond motifs is 4. The summed E-state index contributed by atoms with van der Waals surface area (Å²) in [5.41, 5.74) is 4.27. The number of aromatic nitrogens is 2. The van der Waals surface area contributed by atoms with Gasteiger partial charge in [-0.25, -0.2) is 19.2 Å². The van der Waals surface area contributed by atoms with Crippen LogP contribution < -0.4 is 10.1 Å². The number of nitrogens with zero attached hydrogens (tertiary/aromatic N) is 5. The third-order valence-corrected chi connectivity index (χ3v) is 20.9. The summed E-state index contributed by atoms with van der Waals surface area (Å²) in [6.45, 7) is 9.89. The van der Waals surface area contributed by atoms with Crippen molar-refractivity contribution in [3.8, 4) is 17.1 Å². The van der Waals surface area contributed by atoms with Gasteiger partial charge in [0, 0.05) is 115 Å². The second kappa shape index (κ2) is 34.1. The van der Waals surface area contributed by atoms with Gasteiger partial charge in [0.1, 0.15) is 65.9 Å². The molecule has 5 aliphatic rings. The van der Waals surface area contributed by atoms with Crippen molar-refractivity contribution in [1.82, 2.24) is 24.7 Å². The van der Waals surface area contributed by atoms with Gasteiger partial charge in [0.25, 0.3) is 11.7 Å². The molecule has 2 bridgehead atoms. The second-order valence-corrected chi connectivity index (χ2v) is 27.9. The molecule has 4 fully saturated rings. The Kier molecular flexibility index (Phi) is 25.7. The Balaban J connectivity index is 0.809. The van der Waals surface area contributed by atoms with Crippen LogP contribution in [-0.2, 0) is 65.5 Å². The summed E-state index contributed by atoms with van der Waals surface area (Å²) in [7, 11) is 6.07. The summed E-state index contributed by atoms with van der Waals surface area (Å²) in [6.07, 6.45) is 2.64. The summed E-state index contributed by atoms with van der Waals surface area (Å²) in [5, 5.41) is 39.7. The highest BCUT2D eigenvalue weighted by atomic mass is 35.5. The molecular weight excluding hydrogens is 1300 g/mol. The Bertz CT molecular complexity index is 3690. The lowest BCUT2D eigenvalue weighted by atomic mass is 9.81. The Morgan fingerprint density at radius 3 is 2.34 bits per heavy atom. The van der Waals surface area contributed by atoms with Crippen molar-refractivity contribution in [3.63, 3.8) is 0 Å². The number of ketones is 2. The van der Waals surface area contributed by atoms with E-state index >= 15 is 0 Å². The second-order valence-electron chi connectivity index (χ2n) is 27.5. The molecule has 14 atom stereocenters. The van der Waals surface area contributed by atoms with Crippen LogP contribution in [0.3, 0.4) is 0 Å². The van der Waals surface area contributed by atoms with E-state index in [1.54, 1.807) is 59.3 Å². The standard InChI is InChI=1S/C75H96ClFN6O16/c1-44-31-50(14-12-17-68(87)82-29-27-81(28-30-82)41-54-21-25-63(97-54)51-19-22-58-56(37-51)72(79-43-78-58)80-53-20-24-64(57(76)38-53)96-42-49-13-11-15-52(77)35-49)62(86)40-61(85)47(4)69(45(2)33-48-18-23-60(84)65(36-48)93-6)98-74(90)59-16-9-10-26-83(59)73(89)71(88)75(91)46(3)34-66(94-7)70(99-75)67(95-8)39-55(32-44)92-5/h11,13,15,19-22,24-25,31,33,35,37-38,43,46-48,50,55,59-61,65-67,69-70,84-85,91H,9-10,12,14,16-18,23,26-30,32,34,36,39-42H2,1-8H3,(H,78,79,80)/b44-31+,45-33+/t46-,47-,48+,50-,55+,59+,60-,61+,65-,66+,67+,69-,70+,75-/m1/s1. The first-order chi connectivity index (χ1) is 47.6. The van der Waals surface area contributed by atoms with E-state index in [2.05, 4.69) is 20.2 Å². The number of benzene rings is 3. The quantitative estimate of drug-likeness (QED) is 0.0361. The number of aliphatic hydroxyl groups excluding tert-OH is 2. The number of rotatable bonds is 18. The average molecular weight is 1390 g/mol. The fraction of sp³-hybridized carbons (Fsp3) is 0.560. The number of piperidine rings is 1. The molecule has 0 spiro atoms. The molecule has 10 rings (SSSR count). The van der Waals surface area contributed by atoms with Crippen molar-refractivity contribution in [2.45, 2.75) is 185 Å². The van der Waals surface area contributed by atoms with Crippen LogP contribution in [0.1, 0.15) is 122 Å². The van der Waals surface area contributed by atoms with Crippen molar-refractivity contribution in [1.29, 1.82) is 0 Å². The zero-order chi connectivity index (χ0) is 70.7. The first-order valence-electron chi connectivity index (χ1n) is 34.7. The largest absolute Gasteiger partial charge is 0.487 e. The van der Waals surface area contributed by atoms with E-state index < -0.39 is 96.1 Å². The molecule has 0 radical (unpaired) electrons. The van der Waals surface area contributed by atoms with Crippen LogP contribution >= 0.6 is 11.6 Å². The molecule has 3 aromatic carbocycles. The number of furan rings is 1. The number of halogens is 2. The molecule has 1 aliphatic carbocycles. The lowest BCUT2D eigenvalue weighted by molar-refractivity contribution is -0.303. The number of amides is 2. The molecule has 99 heavy (non-hydrogen) atoms. The predicted molar refractivity (Wildman–Crippen MR) is 368 cm³/mol. The molecule has 3 saturated heterocycles. The molecule has 4 N–H and O–H groups in total. The summed E-state index contributed by atoms with van der Waals surface area (Å²) in [5.74, 6) is -6.59. The van der Waals surface area contributed by atoms with E-state index in [-0.39, 0.29) is 75.1 Å². The van der Waals surface area contributed by atoms with Crippen molar-refractivity contribution in [3.05, 3.63) is 125 Å². The number of piperazine rings is 1. The van der Waals surface area contributed by atoms with Gasteiger partial charge < -0.3 is 68.0 Å². The first kappa shape index (κ1) is 74.7. The summed E-state index contributed by atoms with van der Waals surface area (Å²) in [4.78, 5) is 87.1. The molecule has 2 aromatic heterocycles. The number of cyclic esters (lactones) is 1. The highest BCUT2D eigenvalue weighted by Gasteiger charge is 2.57. The molecule has 0 unspecified atom stereocenters. The maximum atomic E-state index is 14.9. The summed E-state index contributed by atoms with van der Waals surface area (Å²) in [6, 6.07) is 20.0. The Hall–Kier alpha value is -7.03. The minimum absolute atomic E-state index is 0.0270. The third kappa shape index (κ3) is 18.4. The molecule has 5 aromatic rings. The van der Waals surface area contributed by atoms with Crippen molar-refractivity contribution >= 4 is 63.4 Å². The number of carbonyl (C=O) groups is 5. The minimum Gasteiger partial charge on any atom is -0.487 e. The molecule has 1 saturated carbocycles. The molecule has 536 valence electrons. The number of hydrogen-bond donors (Lipinski definition) is 4. The van der Waals surface area contributed by atoms with Gasteiger partial charge in [0.15, 0.2) is 0 Å². The van der Waals surface area contributed by atoms with Gasteiger partial charge in [-0.05, 0) is 156 Å². The van der Waals surface area contributed by atoms with Crippen molar-refractivity contribution in [2.75, 3.05) is 66.5 Å². The van der Waals surface area contributed by atoms with E-state index in [0.29, 0.717) is 117 Å². The number of aliphatic hydroxyl groups is 3. The van der Waals surface area contributed by atoms with E-state index in [9.17, 15) is 43.7 Å². The molecule has 6 heterocycles. The van der Waals surface area contributed by atoms with Crippen LogP contribution in [0.2, 0.25) is 5.02 Å². The minimum atomic E-state index is -2.62. The summed E-state index contributed by atoms with van der Waals surface area (Å²) >= 11 is 6.63. The molecule has 4 aliphatic heterocycles. The number of allylic oxidation sites excluding steroid dienone is 2. The molecular formula is C75H96ClFN6O16. The SMILES string of the molecule is CO[C@H]1C/C(C)=C/[C@@H](CCCC(=O)N2CCN(Cc3ccc(-c4ccc5ncnc(Nc6ccc(OCc7cccc(F)c7)c(Cl)c6)c5c4)o3)CC2)C(=O)C[C@H](O)[C@@H](C)[C@@H](/C(C)=C/[C@@H]2CC[C@@H](O)[C@H](OC)C2)OC(=O)[C@@H]2CCCCN2C(=O)C(=O)[C@]2(O)O[C@H]([C@@H](OC)C1)[C@@H](OC)C[C@H]2C. The van der Waals surface area contributed by atoms with Crippen LogP contribution in [-0.4, -0.2) is 191 Å². The van der Waals surface area contributed by atoms with Crippen LogP contribution in [0.4, 0.5) is 15.9 Å². The molecule has 2 amide bonds. The van der Waals surface area contributed by atoms with E-state index in [4.69, 9.17) is 49.2 Å². The number of nitrogens with one attached hydrogen (secondary N) is 1. The van der Waals surface area contributed by atoms with E-state index in [1.807, 2.05) is 60.4 Å². The van der Waals surface area contributed by atoms with Crippen molar-refractivity contribution < 1.29 is 81.3 Å². The van der Waals surface area contributed by atoms with Crippen molar-refractivity contribution in [2.24, 2.45) is 23.7 Å². The number of carbonyl (C=O) groups excluding carboxylic acids is 5. The number of Topliss-reactive ketones (excluding diaryl/α,β-unsaturated/α-hetero) is 2. The number of methoxy groups -OCH3 is 4. The number of esters is 1. The van der Waals surface area contributed by atoms with Gasteiger partial charge in [-0.1, -0.05) is 55.3 Å². The van der Waals surface area contributed by atoms with Crippen LogP contribution in [0.15, 0.2) is 107 Å². The van der Waals surface area contributed by atoms with Crippen LogP contribution in [0, 0.1) is 29.5 Å². The van der Waals surface area contributed by atoms with Gasteiger partial charge in [0.05, 0.1) is 53.7 Å². The number of hydrogen-bond acceptors (Lipinski definition) is 20. The average Bonchev–Trinajstić information content (AvgIpc) is 1.33. The van der Waals surface area contributed by atoms with Gasteiger partial charge in [-0.2, -0.15) is 0 Å². The zero-order valence-electron chi connectivity index (χ0n) is 57.9.